The molecule has 3 unspecified atom stereocenters. The van der Waals surface area contributed by atoms with Crippen molar-refractivity contribution in [2.75, 3.05) is 0 Å². The fraction of sp³-hybridized carbons (Fsp3) is 0.290. The van der Waals surface area contributed by atoms with E-state index in [4.69, 9.17) is 28.0 Å². The van der Waals surface area contributed by atoms with Crippen molar-refractivity contribution in [3.63, 3.8) is 0 Å². The van der Waals surface area contributed by atoms with Gasteiger partial charge in [0.2, 0.25) is 5.91 Å². The van der Waals surface area contributed by atoms with E-state index in [0.29, 0.717) is 22.4 Å². The van der Waals surface area contributed by atoms with Gasteiger partial charge in [-0.05, 0) is 97.3 Å². The number of hydrogen-bond acceptors (Lipinski definition) is 4. The molecule has 1 amide bonds. The predicted molar refractivity (Wildman–Crippen MR) is 167 cm³/mol. The van der Waals surface area contributed by atoms with Gasteiger partial charge < -0.3 is 10.1 Å². The van der Waals surface area contributed by atoms with Crippen molar-refractivity contribution in [1.29, 1.82) is 0 Å². The molecule has 4 rings (SSSR count). The molecular weight excluding hydrogens is 615 g/mol. The highest BCUT2D eigenvalue weighted by atomic mass is 79.9. The summed E-state index contributed by atoms with van der Waals surface area (Å²) >= 11 is 17.9. The average molecular weight is 648 g/mol. The van der Waals surface area contributed by atoms with Crippen LogP contribution in [0.2, 0.25) is 10.0 Å². The van der Waals surface area contributed by atoms with E-state index in [0.717, 1.165) is 26.9 Å². The maximum atomic E-state index is 13.7. The molecule has 39 heavy (non-hydrogen) atoms. The van der Waals surface area contributed by atoms with Crippen molar-refractivity contribution < 1.29 is 9.59 Å². The third-order valence-corrected chi connectivity index (χ3v) is 8.44. The maximum absolute atomic E-state index is 13.7. The lowest BCUT2D eigenvalue weighted by Crippen LogP contribution is -2.41. The number of rotatable bonds is 8. The molecule has 3 aromatic rings. The van der Waals surface area contributed by atoms with E-state index in [-0.39, 0.29) is 24.0 Å². The van der Waals surface area contributed by atoms with Crippen LogP contribution in [0.5, 0.6) is 0 Å². The monoisotopic (exact) mass is 646 g/mol. The molecule has 206 valence electrons. The Hall–Kier alpha value is -2.09. The number of benzene rings is 3. The SMILES string of the molecule is C=O.CC(C)CC(C)NC(=O)C1=CCC(c2cccc(Br)c2)N(Sc2ccc(Cl)cc2)C1c1cccc(Cl)c1. The maximum Gasteiger partial charge on any atom is 0.249 e. The minimum absolute atomic E-state index is 0.0341. The molecule has 3 aromatic carbocycles. The Labute approximate surface area is 254 Å². The molecule has 3 atom stereocenters. The quantitative estimate of drug-likeness (QED) is 0.248. The van der Waals surface area contributed by atoms with Gasteiger partial charge in [-0.1, -0.05) is 83.3 Å². The van der Waals surface area contributed by atoms with Crippen LogP contribution in [0.1, 0.15) is 56.8 Å². The zero-order valence-electron chi connectivity index (χ0n) is 22.2. The first-order chi connectivity index (χ1) is 18.7. The molecule has 0 spiro atoms. The Balaban J connectivity index is 0.00000205. The molecule has 0 bridgehead atoms. The lowest BCUT2D eigenvalue weighted by molar-refractivity contribution is -0.118. The van der Waals surface area contributed by atoms with Crippen LogP contribution in [0.25, 0.3) is 0 Å². The van der Waals surface area contributed by atoms with Crippen LogP contribution < -0.4 is 5.32 Å². The highest BCUT2D eigenvalue weighted by Crippen LogP contribution is 2.48. The largest absolute Gasteiger partial charge is 0.350 e. The summed E-state index contributed by atoms with van der Waals surface area (Å²) < 4.78 is 3.36. The number of nitrogens with zero attached hydrogens (tertiary/aromatic N) is 1. The molecule has 1 N–H and O–H groups in total. The summed E-state index contributed by atoms with van der Waals surface area (Å²) in [7, 11) is 0. The summed E-state index contributed by atoms with van der Waals surface area (Å²) in [6.45, 7) is 8.41. The molecular formula is C31H33BrCl2N2O2S. The van der Waals surface area contributed by atoms with Gasteiger partial charge in [-0.2, -0.15) is 0 Å². The normalized spacial score (nSPS) is 18.1. The van der Waals surface area contributed by atoms with Crippen LogP contribution in [0.3, 0.4) is 0 Å². The van der Waals surface area contributed by atoms with Crippen molar-refractivity contribution in [2.24, 2.45) is 5.92 Å². The van der Waals surface area contributed by atoms with Crippen molar-refractivity contribution >= 4 is 63.8 Å². The van der Waals surface area contributed by atoms with E-state index in [1.807, 2.05) is 61.4 Å². The van der Waals surface area contributed by atoms with Gasteiger partial charge in [0.25, 0.3) is 0 Å². The summed E-state index contributed by atoms with van der Waals surface area (Å²) in [4.78, 5) is 22.8. The fourth-order valence-electron chi connectivity index (χ4n) is 4.79. The van der Waals surface area contributed by atoms with Gasteiger partial charge in [0.05, 0.1) is 12.1 Å². The smallest absolute Gasteiger partial charge is 0.249 e. The van der Waals surface area contributed by atoms with Crippen LogP contribution in [0.15, 0.2) is 93.8 Å². The summed E-state index contributed by atoms with van der Waals surface area (Å²) in [6.07, 6.45) is 3.73. The number of carbonyl (C=O) groups excluding carboxylic acids is 2. The van der Waals surface area contributed by atoms with E-state index >= 15 is 0 Å². The molecule has 0 saturated carbocycles. The van der Waals surface area contributed by atoms with Gasteiger partial charge in [0.1, 0.15) is 6.79 Å². The molecule has 0 aliphatic carbocycles. The molecule has 4 nitrogen and oxygen atoms in total. The highest BCUT2D eigenvalue weighted by molar-refractivity contribution is 9.10. The molecule has 1 aliphatic heterocycles. The minimum Gasteiger partial charge on any atom is -0.350 e. The van der Waals surface area contributed by atoms with E-state index in [1.165, 1.54) is 5.56 Å². The minimum atomic E-state index is -0.302. The molecule has 0 fully saturated rings. The van der Waals surface area contributed by atoms with E-state index < -0.39 is 0 Å². The van der Waals surface area contributed by atoms with Crippen LogP contribution in [-0.4, -0.2) is 23.0 Å². The number of hydrogen-bond donors (Lipinski definition) is 1. The van der Waals surface area contributed by atoms with Gasteiger partial charge in [0.15, 0.2) is 0 Å². The first kappa shape index (κ1) is 31.4. The first-order valence-electron chi connectivity index (χ1n) is 12.7. The average Bonchev–Trinajstić information content (AvgIpc) is 2.90. The molecule has 1 heterocycles. The van der Waals surface area contributed by atoms with Gasteiger partial charge >= 0.3 is 0 Å². The Morgan fingerprint density at radius 1 is 1.00 bits per heavy atom. The second kappa shape index (κ2) is 15.1. The van der Waals surface area contributed by atoms with E-state index in [2.05, 4.69) is 70.6 Å². The number of nitrogens with one attached hydrogen (secondary N) is 1. The van der Waals surface area contributed by atoms with Gasteiger partial charge in [-0.15, -0.1) is 0 Å². The van der Waals surface area contributed by atoms with Gasteiger partial charge in [-0.25, -0.2) is 4.31 Å². The number of amides is 1. The van der Waals surface area contributed by atoms with Crippen molar-refractivity contribution in [3.8, 4) is 0 Å². The fourth-order valence-corrected chi connectivity index (χ4v) is 6.71. The van der Waals surface area contributed by atoms with E-state index in [1.54, 1.807) is 11.9 Å². The molecule has 8 heteroatoms. The Morgan fingerprint density at radius 2 is 1.67 bits per heavy atom. The van der Waals surface area contributed by atoms with Crippen LogP contribution in [0, 0.1) is 5.92 Å². The molecule has 1 aliphatic rings. The summed E-state index contributed by atoms with van der Waals surface area (Å²) in [5, 5.41) is 4.59. The third kappa shape index (κ3) is 8.70. The van der Waals surface area contributed by atoms with Crippen molar-refractivity contribution in [3.05, 3.63) is 110 Å². The zero-order valence-corrected chi connectivity index (χ0v) is 26.2. The Morgan fingerprint density at radius 3 is 2.31 bits per heavy atom. The van der Waals surface area contributed by atoms with Gasteiger partial charge in [-0.3, -0.25) is 4.79 Å². The number of halogens is 3. The molecule has 0 aromatic heterocycles. The summed E-state index contributed by atoms with van der Waals surface area (Å²) in [5.74, 6) is 0.463. The molecule has 0 radical (unpaired) electrons. The summed E-state index contributed by atoms with van der Waals surface area (Å²) in [6, 6.07) is 23.8. The number of carbonyl (C=O) groups is 2. The molecule has 0 saturated heterocycles. The second-order valence-electron chi connectivity index (χ2n) is 9.83. The lowest BCUT2D eigenvalue weighted by Gasteiger charge is -2.41. The van der Waals surface area contributed by atoms with Crippen LogP contribution in [0.4, 0.5) is 0 Å². The summed E-state index contributed by atoms with van der Waals surface area (Å²) in [5.41, 5.74) is 2.89. The van der Waals surface area contributed by atoms with E-state index in [9.17, 15) is 4.79 Å². The Bertz CT molecular complexity index is 1290. The topological polar surface area (TPSA) is 49.4 Å². The lowest BCUT2D eigenvalue weighted by atomic mass is 9.88. The van der Waals surface area contributed by atoms with Crippen molar-refractivity contribution in [2.45, 2.75) is 56.6 Å². The third-order valence-electron chi connectivity index (χ3n) is 6.30. The second-order valence-corrected chi connectivity index (χ2v) is 12.7. The standard InChI is InChI=1S/C30H31BrCl2N2OS.CH2O/c1-19(2)16-20(3)34-30(36)27-14-15-28(21-6-4-8-23(31)17-21)35(37-26-12-10-24(32)11-13-26)29(27)22-7-5-9-25(33)18-22;1-2/h4-14,17-20,28-29H,15-16H2,1-3H3,(H,34,36);1H2. The highest BCUT2D eigenvalue weighted by Gasteiger charge is 2.38. The zero-order chi connectivity index (χ0) is 28.5. The predicted octanol–water partition coefficient (Wildman–Crippen LogP) is 9.24. The first-order valence-corrected chi connectivity index (χ1v) is 15.1. The van der Waals surface area contributed by atoms with Crippen molar-refractivity contribution in [1.82, 2.24) is 9.62 Å². The van der Waals surface area contributed by atoms with Crippen LogP contribution in [-0.2, 0) is 9.59 Å². The van der Waals surface area contributed by atoms with Crippen LogP contribution >= 0.6 is 51.1 Å². The van der Waals surface area contributed by atoms with Gasteiger partial charge in [0, 0.05) is 31.0 Å². The Kier molecular flexibility index (Phi) is 12.1.